The minimum atomic E-state index is -4.51. The van der Waals surface area contributed by atoms with E-state index < -0.39 is 28.0 Å². The van der Waals surface area contributed by atoms with E-state index in [0.29, 0.717) is 43.3 Å². The lowest BCUT2D eigenvalue weighted by Gasteiger charge is -2.21. The molecular weight excluding hydrogens is 590 g/mol. The summed E-state index contributed by atoms with van der Waals surface area (Å²) in [5.41, 5.74) is 12.2. The van der Waals surface area contributed by atoms with Gasteiger partial charge in [-0.05, 0) is 31.8 Å². The van der Waals surface area contributed by atoms with Gasteiger partial charge in [0.05, 0.1) is 31.7 Å². The van der Waals surface area contributed by atoms with E-state index in [9.17, 15) is 13.9 Å². The molecule has 0 aliphatic carbocycles. The molecule has 4 heterocycles. The molecule has 0 saturated carbocycles. The Morgan fingerprint density at radius 1 is 1.10 bits per heavy atom. The van der Waals surface area contributed by atoms with Gasteiger partial charge in [0.2, 0.25) is 6.41 Å². The van der Waals surface area contributed by atoms with Crippen LogP contribution >= 0.6 is 15.6 Å². The van der Waals surface area contributed by atoms with Gasteiger partial charge < -0.3 is 40.5 Å². The Hall–Kier alpha value is -2.83. The smallest absolute Gasteiger partial charge is 0.384 e. The highest BCUT2D eigenvalue weighted by atomic mass is 31.2. The molecule has 0 aromatic carbocycles. The monoisotopic (exact) mass is 622 g/mol. The summed E-state index contributed by atoms with van der Waals surface area (Å²) >= 11 is 0. The lowest BCUT2D eigenvalue weighted by molar-refractivity contribution is -0.127. The lowest BCUT2D eigenvalue weighted by Crippen LogP contribution is -2.30. The summed E-state index contributed by atoms with van der Waals surface area (Å²) in [4.78, 5) is 62.7. The number of amides is 1. The first-order chi connectivity index (χ1) is 19.3. The molecule has 4 atom stereocenters. The topological polar surface area (TPSA) is 280 Å². The minimum Gasteiger partial charge on any atom is -0.384 e. The fraction of sp³-hybridized carbons (Fsp3) is 0.550. The second-order valence-electron chi connectivity index (χ2n) is 8.75. The predicted molar refractivity (Wildman–Crippen MR) is 141 cm³/mol. The lowest BCUT2D eigenvalue weighted by atomic mass is 10.2. The van der Waals surface area contributed by atoms with Gasteiger partial charge >= 0.3 is 15.6 Å². The third kappa shape index (κ3) is 10.2. The number of nitrogens with zero attached hydrogens (tertiary/aromatic N) is 6. The van der Waals surface area contributed by atoms with Crippen LogP contribution in [-0.4, -0.2) is 94.9 Å². The van der Waals surface area contributed by atoms with Gasteiger partial charge in [0.25, 0.3) is 0 Å². The number of phosphoric ester groups is 2. The summed E-state index contributed by atoms with van der Waals surface area (Å²) in [6.45, 7) is -0.389. The number of fused-ring (bicyclic) bond motifs is 1. The van der Waals surface area contributed by atoms with Crippen molar-refractivity contribution in [1.82, 2.24) is 24.4 Å². The summed E-state index contributed by atoms with van der Waals surface area (Å²) in [5, 5.41) is 0. The maximum absolute atomic E-state index is 11.0. The largest absolute Gasteiger partial charge is 0.469 e. The fourth-order valence-corrected chi connectivity index (χ4v) is 4.64. The van der Waals surface area contributed by atoms with Gasteiger partial charge in [-0.3, -0.25) is 28.3 Å². The second-order valence-corrected chi connectivity index (χ2v) is 11.2. The summed E-state index contributed by atoms with van der Waals surface area (Å²) in [7, 11) is -7.47. The van der Waals surface area contributed by atoms with Crippen molar-refractivity contribution < 1.29 is 52.0 Å². The van der Waals surface area contributed by atoms with E-state index in [1.54, 1.807) is 10.9 Å². The van der Waals surface area contributed by atoms with Gasteiger partial charge in [0, 0.05) is 13.2 Å². The number of aliphatic imine (C=N–C) groups is 1. The van der Waals surface area contributed by atoms with E-state index >= 15 is 0 Å². The van der Waals surface area contributed by atoms with Crippen molar-refractivity contribution in [3.63, 3.8) is 0 Å². The molecule has 19 nitrogen and oxygen atoms in total. The molecule has 0 radical (unpaired) electrons. The Balaban J connectivity index is 0.000000226. The molecule has 4 unspecified atom stereocenters. The average Bonchev–Trinajstić information content (AvgIpc) is 3.66. The third-order valence-electron chi connectivity index (χ3n) is 5.85. The van der Waals surface area contributed by atoms with Gasteiger partial charge in [-0.15, -0.1) is 0 Å². The van der Waals surface area contributed by atoms with Crippen LogP contribution < -0.4 is 11.5 Å². The Morgan fingerprint density at radius 2 is 1.73 bits per heavy atom. The Kier molecular flexibility index (Phi) is 11.5. The number of ether oxygens (including phenoxy) is 2. The molecule has 4 rings (SSSR count). The molecular formula is C20H32N8O11P2. The van der Waals surface area contributed by atoms with Crippen LogP contribution in [0.15, 0.2) is 29.9 Å². The standard InChI is InChI=1S/C10H14N5O5P.C10H18N3O6P/c11-9-8-10(13-4-12-9)15(5-14-8)7-2-1-6(20-7)3-19-21(16,17)18;1-12-9(11)4-5-13(7-14)10-3-2-8(19-10)6-18-20(15,16)17/h4-7H,1-3H2,(H2,11,12,13)(H2,16,17,18);4-5,7-8,10H,2-3,6H2,1H3,(H2,11,12)(H2,15,16,17)/b;5-4-. The SMILES string of the molecule is CN=C(N)/C=C\N(C=O)C1CCC(COP(=O)(O)O)O1.Nc1ncnc2c1ncn2C1CCC(COP(=O)(O)O)O1. The highest BCUT2D eigenvalue weighted by Crippen LogP contribution is 2.39. The third-order valence-corrected chi connectivity index (χ3v) is 6.83. The zero-order chi connectivity index (χ0) is 30.2. The van der Waals surface area contributed by atoms with Gasteiger partial charge in [-0.2, -0.15) is 0 Å². The number of nitrogen functional groups attached to an aromatic ring is 1. The van der Waals surface area contributed by atoms with Crippen molar-refractivity contribution in [2.45, 2.75) is 50.3 Å². The molecule has 2 aromatic heterocycles. The number of amidine groups is 1. The number of carbonyl (C=O) groups excluding carboxylic acids is 1. The van der Waals surface area contributed by atoms with E-state index in [1.807, 2.05) is 0 Å². The summed E-state index contributed by atoms with van der Waals surface area (Å²) < 4.78 is 43.0. The van der Waals surface area contributed by atoms with Crippen molar-refractivity contribution in [2.75, 3.05) is 26.0 Å². The van der Waals surface area contributed by atoms with Gasteiger partial charge in [-0.1, -0.05) is 0 Å². The maximum atomic E-state index is 11.0. The van der Waals surface area contributed by atoms with Gasteiger partial charge in [0.15, 0.2) is 11.5 Å². The van der Waals surface area contributed by atoms with E-state index in [1.165, 1.54) is 30.6 Å². The molecule has 0 bridgehead atoms. The number of phosphoric acid groups is 2. The van der Waals surface area contributed by atoms with Crippen molar-refractivity contribution in [2.24, 2.45) is 10.7 Å². The Bertz CT molecular complexity index is 1330. The molecule has 21 heteroatoms. The maximum Gasteiger partial charge on any atom is 0.469 e. The van der Waals surface area contributed by atoms with Crippen LogP contribution in [-0.2, 0) is 32.4 Å². The highest BCUT2D eigenvalue weighted by molar-refractivity contribution is 7.46. The van der Waals surface area contributed by atoms with Crippen molar-refractivity contribution in [1.29, 1.82) is 0 Å². The van der Waals surface area contributed by atoms with Crippen molar-refractivity contribution >= 4 is 44.9 Å². The van der Waals surface area contributed by atoms with Crippen molar-refractivity contribution in [3.05, 3.63) is 24.9 Å². The number of carbonyl (C=O) groups is 1. The molecule has 0 spiro atoms. The van der Waals surface area contributed by atoms with Crippen LogP contribution in [0, 0.1) is 0 Å². The van der Waals surface area contributed by atoms with Crippen LogP contribution in [0.4, 0.5) is 5.82 Å². The van der Waals surface area contributed by atoms with Crippen LogP contribution in [0.1, 0.15) is 31.9 Å². The minimum absolute atomic E-state index is 0.162. The molecule has 2 aliphatic heterocycles. The zero-order valence-electron chi connectivity index (χ0n) is 21.8. The zero-order valence-corrected chi connectivity index (χ0v) is 23.6. The fourth-order valence-electron chi connectivity index (χ4n) is 3.92. The second kappa shape index (κ2) is 14.4. The van der Waals surface area contributed by atoms with Gasteiger partial charge in [-0.25, -0.2) is 24.1 Å². The van der Waals surface area contributed by atoms with Crippen LogP contribution in [0.2, 0.25) is 0 Å². The first-order valence-corrected chi connectivity index (χ1v) is 15.1. The quantitative estimate of drug-likeness (QED) is 0.0815. The number of anilines is 1. The number of rotatable bonds is 11. The first-order valence-electron chi connectivity index (χ1n) is 12.1. The molecule has 1 amide bonds. The van der Waals surface area contributed by atoms with E-state index in [2.05, 4.69) is 29.0 Å². The normalized spacial score (nSPS) is 23.6. The highest BCUT2D eigenvalue weighted by Gasteiger charge is 2.31. The molecule has 2 aromatic rings. The summed E-state index contributed by atoms with van der Waals surface area (Å²) in [6, 6.07) is 0. The predicted octanol–water partition coefficient (Wildman–Crippen LogP) is -0.245. The molecule has 2 fully saturated rings. The van der Waals surface area contributed by atoms with Crippen LogP contribution in [0.25, 0.3) is 11.2 Å². The molecule has 2 saturated heterocycles. The molecule has 2 aliphatic rings. The molecule has 228 valence electrons. The van der Waals surface area contributed by atoms with Gasteiger partial charge in [0.1, 0.15) is 30.1 Å². The Morgan fingerprint density at radius 3 is 2.34 bits per heavy atom. The Labute approximate surface area is 233 Å². The molecule has 41 heavy (non-hydrogen) atoms. The van der Waals surface area contributed by atoms with E-state index in [0.717, 1.165) is 0 Å². The number of hydrogen-bond acceptors (Lipinski definition) is 12. The number of imidazole rings is 1. The number of hydrogen-bond donors (Lipinski definition) is 6. The molecule has 8 N–H and O–H groups in total. The van der Waals surface area contributed by atoms with E-state index in [4.69, 9.17) is 40.5 Å². The van der Waals surface area contributed by atoms with Crippen molar-refractivity contribution in [3.8, 4) is 0 Å². The van der Waals surface area contributed by atoms with Crippen LogP contribution in [0.5, 0.6) is 0 Å². The van der Waals surface area contributed by atoms with E-state index in [-0.39, 0.29) is 37.2 Å². The average molecular weight is 622 g/mol. The number of nitrogens with two attached hydrogens (primary N) is 2. The number of aromatic nitrogens is 4. The van der Waals surface area contributed by atoms with Crippen LogP contribution in [0.3, 0.4) is 0 Å². The first kappa shape index (κ1) is 32.7. The summed E-state index contributed by atoms with van der Waals surface area (Å²) in [5.74, 6) is 0.550. The summed E-state index contributed by atoms with van der Waals surface area (Å²) in [6.07, 6.45) is 7.01.